The Morgan fingerprint density at radius 2 is 1.32 bits per heavy atom. The van der Waals surface area contributed by atoms with Crippen molar-refractivity contribution in [3.8, 4) is 0 Å². The standard InChI is InChI=1S/C20H27NO/c1-15(2)20(22,16(3)4)18-13-9-10-14-19(18)21(5)17-11-7-6-8-12-17/h6-16,22H,1-5H3. The zero-order valence-corrected chi connectivity index (χ0v) is 14.2. The van der Waals surface area contributed by atoms with Gasteiger partial charge in [0.2, 0.25) is 0 Å². The van der Waals surface area contributed by atoms with Crippen LogP contribution in [0, 0.1) is 11.8 Å². The molecule has 0 aromatic heterocycles. The molecule has 0 fully saturated rings. The van der Waals surface area contributed by atoms with Crippen molar-refractivity contribution in [1.29, 1.82) is 0 Å². The van der Waals surface area contributed by atoms with Gasteiger partial charge in [-0.1, -0.05) is 64.1 Å². The number of rotatable bonds is 5. The highest BCUT2D eigenvalue weighted by Crippen LogP contribution is 2.42. The van der Waals surface area contributed by atoms with E-state index in [0.717, 1.165) is 16.9 Å². The first-order chi connectivity index (χ1) is 10.4. The number of anilines is 2. The zero-order valence-electron chi connectivity index (χ0n) is 14.2. The Balaban J connectivity index is 2.56. The molecule has 0 amide bonds. The summed E-state index contributed by atoms with van der Waals surface area (Å²) in [5, 5.41) is 11.4. The molecule has 22 heavy (non-hydrogen) atoms. The molecule has 0 bridgehead atoms. The molecule has 0 heterocycles. The van der Waals surface area contributed by atoms with E-state index in [9.17, 15) is 5.11 Å². The third-order valence-electron chi connectivity index (χ3n) is 4.60. The van der Waals surface area contributed by atoms with Gasteiger partial charge in [0.05, 0.1) is 5.60 Å². The Bertz CT molecular complexity index is 596. The van der Waals surface area contributed by atoms with Gasteiger partial charge in [-0.05, 0) is 30.0 Å². The van der Waals surface area contributed by atoms with Crippen LogP contribution in [0.1, 0.15) is 33.3 Å². The van der Waals surface area contributed by atoms with Crippen LogP contribution < -0.4 is 4.90 Å². The minimum Gasteiger partial charge on any atom is -0.385 e. The largest absolute Gasteiger partial charge is 0.385 e. The van der Waals surface area contributed by atoms with E-state index in [-0.39, 0.29) is 11.8 Å². The van der Waals surface area contributed by atoms with Crippen LogP contribution in [0.15, 0.2) is 54.6 Å². The summed E-state index contributed by atoms with van der Waals surface area (Å²) in [6, 6.07) is 18.4. The van der Waals surface area contributed by atoms with Crippen LogP contribution >= 0.6 is 0 Å². The Morgan fingerprint density at radius 1 is 0.818 bits per heavy atom. The number of benzene rings is 2. The average molecular weight is 297 g/mol. The fourth-order valence-corrected chi connectivity index (χ4v) is 3.18. The Kier molecular flexibility index (Phi) is 4.92. The number of nitrogens with zero attached hydrogens (tertiary/aromatic N) is 1. The van der Waals surface area contributed by atoms with Gasteiger partial charge in [0.15, 0.2) is 0 Å². The third-order valence-corrected chi connectivity index (χ3v) is 4.60. The highest BCUT2D eigenvalue weighted by Gasteiger charge is 2.38. The molecule has 1 N–H and O–H groups in total. The summed E-state index contributed by atoms with van der Waals surface area (Å²) in [5.41, 5.74) is 2.31. The van der Waals surface area contributed by atoms with Gasteiger partial charge in [0, 0.05) is 24.0 Å². The number of hydrogen-bond donors (Lipinski definition) is 1. The highest BCUT2D eigenvalue weighted by atomic mass is 16.3. The topological polar surface area (TPSA) is 23.5 Å². The van der Waals surface area contributed by atoms with Crippen LogP contribution in [0.5, 0.6) is 0 Å². The predicted molar refractivity (Wildman–Crippen MR) is 94.5 cm³/mol. The second-order valence-corrected chi connectivity index (χ2v) is 6.55. The van der Waals surface area contributed by atoms with E-state index >= 15 is 0 Å². The summed E-state index contributed by atoms with van der Waals surface area (Å²) in [6.07, 6.45) is 0. The zero-order chi connectivity index (χ0) is 16.3. The van der Waals surface area contributed by atoms with E-state index in [2.05, 4.69) is 63.9 Å². The molecule has 0 aliphatic heterocycles. The molecule has 0 unspecified atom stereocenters. The van der Waals surface area contributed by atoms with E-state index in [4.69, 9.17) is 0 Å². The summed E-state index contributed by atoms with van der Waals surface area (Å²) in [4.78, 5) is 2.14. The van der Waals surface area contributed by atoms with Crippen LogP contribution in [0.3, 0.4) is 0 Å². The average Bonchev–Trinajstić information content (AvgIpc) is 2.53. The first-order valence-corrected chi connectivity index (χ1v) is 7.99. The van der Waals surface area contributed by atoms with Gasteiger partial charge in [0.1, 0.15) is 0 Å². The second kappa shape index (κ2) is 6.53. The first-order valence-electron chi connectivity index (χ1n) is 7.99. The van der Waals surface area contributed by atoms with Crippen molar-refractivity contribution in [3.05, 3.63) is 60.2 Å². The molecule has 118 valence electrons. The van der Waals surface area contributed by atoms with Crippen molar-refractivity contribution in [2.45, 2.75) is 33.3 Å². The minimum atomic E-state index is -0.848. The fourth-order valence-electron chi connectivity index (χ4n) is 3.18. The van der Waals surface area contributed by atoms with Crippen LogP contribution in [-0.4, -0.2) is 12.2 Å². The van der Waals surface area contributed by atoms with Crippen molar-refractivity contribution < 1.29 is 5.11 Å². The van der Waals surface area contributed by atoms with Gasteiger partial charge in [-0.2, -0.15) is 0 Å². The fraction of sp³-hybridized carbons (Fsp3) is 0.400. The van der Waals surface area contributed by atoms with Gasteiger partial charge in [-0.25, -0.2) is 0 Å². The summed E-state index contributed by atoms with van der Waals surface area (Å²) in [6.45, 7) is 8.33. The number of aliphatic hydroxyl groups is 1. The van der Waals surface area contributed by atoms with Crippen LogP contribution in [0.4, 0.5) is 11.4 Å². The summed E-state index contributed by atoms with van der Waals surface area (Å²) >= 11 is 0. The van der Waals surface area contributed by atoms with E-state index in [1.54, 1.807) is 0 Å². The molecule has 0 aliphatic rings. The van der Waals surface area contributed by atoms with E-state index in [1.807, 2.05) is 30.3 Å². The van der Waals surface area contributed by atoms with Crippen molar-refractivity contribution in [1.82, 2.24) is 0 Å². The maximum atomic E-state index is 11.4. The second-order valence-electron chi connectivity index (χ2n) is 6.55. The lowest BCUT2D eigenvalue weighted by Crippen LogP contribution is -2.38. The Labute approximate surface area is 134 Å². The van der Waals surface area contributed by atoms with Gasteiger partial charge < -0.3 is 10.0 Å². The van der Waals surface area contributed by atoms with Crippen molar-refractivity contribution >= 4 is 11.4 Å². The minimum absolute atomic E-state index is 0.137. The first kappa shape index (κ1) is 16.6. The lowest BCUT2D eigenvalue weighted by atomic mass is 9.74. The molecule has 0 spiro atoms. The van der Waals surface area contributed by atoms with Crippen molar-refractivity contribution in [3.63, 3.8) is 0 Å². The SMILES string of the molecule is CC(C)C(O)(c1ccccc1N(C)c1ccccc1)C(C)C. The van der Waals surface area contributed by atoms with Gasteiger partial charge >= 0.3 is 0 Å². The van der Waals surface area contributed by atoms with Crippen LogP contribution in [-0.2, 0) is 5.60 Å². The lowest BCUT2D eigenvalue weighted by molar-refractivity contribution is -0.0526. The van der Waals surface area contributed by atoms with Crippen LogP contribution in [0.2, 0.25) is 0 Å². The lowest BCUT2D eigenvalue weighted by Gasteiger charge is -2.39. The molecule has 2 aromatic carbocycles. The maximum absolute atomic E-state index is 11.4. The summed E-state index contributed by atoms with van der Waals surface area (Å²) < 4.78 is 0. The molecule has 2 aromatic rings. The Morgan fingerprint density at radius 3 is 1.86 bits per heavy atom. The quantitative estimate of drug-likeness (QED) is 0.843. The molecular weight excluding hydrogens is 270 g/mol. The van der Waals surface area contributed by atoms with Gasteiger partial charge in [-0.3, -0.25) is 0 Å². The van der Waals surface area contributed by atoms with E-state index in [1.165, 1.54) is 0 Å². The van der Waals surface area contributed by atoms with Crippen LogP contribution in [0.25, 0.3) is 0 Å². The molecule has 2 heteroatoms. The molecule has 0 aliphatic carbocycles. The van der Waals surface area contributed by atoms with Gasteiger partial charge in [-0.15, -0.1) is 0 Å². The third kappa shape index (κ3) is 2.89. The molecular formula is C20H27NO. The normalized spacial score (nSPS) is 12.0. The van der Waals surface area contributed by atoms with E-state index in [0.29, 0.717) is 0 Å². The molecule has 0 radical (unpaired) electrons. The van der Waals surface area contributed by atoms with Gasteiger partial charge in [0.25, 0.3) is 0 Å². The van der Waals surface area contributed by atoms with Crippen molar-refractivity contribution in [2.75, 3.05) is 11.9 Å². The summed E-state index contributed by atoms with van der Waals surface area (Å²) in [7, 11) is 2.05. The number of para-hydroxylation sites is 2. The Hall–Kier alpha value is -1.80. The number of hydrogen-bond acceptors (Lipinski definition) is 2. The highest BCUT2D eigenvalue weighted by molar-refractivity contribution is 5.67. The van der Waals surface area contributed by atoms with Crippen molar-refractivity contribution in [2.24, 2.45) is 11.8 Å². The summed E-state index contributed by atoms with van der Waals surface area (Å²) in [5.74, 6) is 0.274. The molecule has 2 rings (SSSR count). The van der Waals surface area contributed by atoms with E-state index < -0.39 is 5.60 Å². The maximum Gasteiger partial charge on any atom is 0.0962 e. The molecule has 0 saturated heterocycles. The predicted octanol–water partition coefficient (Wildman–Crippen LogP) is 4.95. The molecule has 0 atom stereocenters. The smallest absolute Gasteiger partial charge is 0.0962 e. The monoisotopic (exact) mass is 297 g/mol. The molecule has 0 saturated carbocycles. The molecule has 2 nitrogen and oxygen atoms in total.